The third-order valence-corrected chi connectivity index (χ3v) is 3.42. The van der Waals surface area contributed by atoms with E-state index in [2.05, 4.69) is 5.32 Å². The van der Waals surface area contributed by atoms with E-state index in [1.54, 1.807) is 25.7 Å². The number of nitrogens with one attached hydrogen (secondary N) is 1. The molecular weight excluding hydrogens is 256 g/mol. The number of carbonyl (C=O) groups excluding carboxylic acids is 1. The van der Waals surface area contributed by atoms with Crippen LogP contribution < -0.4 is 5.32 Å². The zero-order valence-corrected chi connectivity index (χ0v) is 12.2. The van der Waals surface area contributed by atoms with Gasteiger partial charge < -0.3 is 15.0 Å². The van der Waals surface area contributed by atoms with Gasteiger partial charge in [-0.05, 0) is 20.8 Å². The van der Waals surface area contributed by atoms with Gasteiger partial charge in [0.1, 0.15) is 15.4 Å². The third kappa shape index (κ3) is 5.68. The summed E-state index contributed by atoms with van der Waals surface area (Å²) in [5, 5.41) is 3.09. The zero-order valence-electron chi connectivity index (χ0n) is 11.4. The highest BCUT2D eigenvalue weighted by Gasteiger charge is 2.28. The quantitative estimate of drug-likeness (QED) is 0.783. The van der Waals surface area contributed by atoms with Crippen LogP contribution in [0.25, 0.3) is 0 Å². The molecule has 0 radical (unpaired) electrons. The minimum atomic E-state index is -3.05. The molecule has 7 heteroatoms. The lowest BCUT2D eigenvalue weighted by Gasteiger charge is -2.34. The van der Waals surface area contributed by atoms with Crippen LogP contribution in [0.1, 0.15) is 20.8 Å². The molecule has 6 nitrogen and oxygen atoms in total. The maximum atomic E-state index is 11.9. The number of piperazine rings is 1. The van der Waals surface area contributed by atoms with E-state index in [-0.39, 0.29) is 17.9 Å². The van der Waals surface area contributed by atoms with Gasteiger partial charge in [0.2, 0.25) is 0 Å². The standard InChI is InChI=1S/C11H22N2O4S/c1-11(2,3)17-10(14)13-6-5-12-9(7-13)8-18(4,15)16/h9,12H,5-8H2,1-4H3/t9-/m1/s1. The summed E-state index contributed by atoms with van der Waals surface area (Å²) in [5.74, 6) is 0.0340. The smallest absolute Gasteiger partial charge is 0.410 e. The normalized spacial score (nSPS) is 21.8. The van der Waals surface area contributed by atoms with Crippen LogP contribution in [0.5, 0.6) is 0 Å². The molecule has 0 aliphatic carbocycles. The topological polar surface area (TPSA) is 75.7 Å². The summed E-state index contributed by atoms with van der Waals surface area (Å²) in [6.45, 7) is 6.90. The van der Waals surface area contributed by atoms with Gasteiger partial charge in [-0.1, -0.05) is 0 Å². The van der Waals surface area contributed by atoms with Crippen LogP contribution in [0.3, 0.4) is 0 Å². The Morgan fingerprint density at radius 1 is 1.44 bits per heavy atom. The van der Waals surface area contributed by atoms with Crippen LogP contribution in [0.2, 0.25) is 0 Å². The van der Waals surface area contributed by atoms with Crippen LogP contribution in [-0.2, 0) is 14.6 Å². The minimum absolute atomic E-state index is 0.0340. The molecule has 1 fully saturated rings. The predicted molar refractivity (Wildman–Crippen MR) is 69.3 cm³/mol. The number of ether oxygens (including phenoxy) is 1. The van der Waals surface area contributed by atoms with Crippen LogP contribution in [0.4, 0.5) is 4.79 Å². The molecule has 0 aromatic carbocycles. The average molecular weight is 278 g/mol. The van der Waals surface area contributed by atoms with E-state index < -0.39 is 15.4 Å². The number of hydrogen-bond donors (Lipinski definition) is 1. The molecule has 1 heterocycles. The molecule has 1 amide bonds. The second kappa shape index (κ2) is 5.44. The Kier molecular flexibility index (Phi) is 4.61. The summed E-state index contributed by atoms with van der Waals surface area (Å²) < 4.78 is 27.7. The lowest BCUT2D eigenvalue weighted by atomic mass is 10.2. The molecule has 0 unspecified atom stereocenters. The van der Waals surface area contributed by atoms with Crippen molar-refractivity contribution in [2.45, 2.75) is 32.4 Å². The lowest BCUT2D eigenvalue weighted by molar-refractivity contribution is 0.0202. The molecule has 1 aliphatic heterocycles. The highest BCUT2D eigenvalue weighted by atomic mass is 32.2. The first-order valence-electron chi connectivity index (χ1n) is 5.96. The Labute approximate surface area is 109 Å². The summed E-state index contributed by atoms with van der Waals surface area (Å²) in [6, 6.07) is -0.221. The van der Waals surface area contributed by atoms with Crippen molar-refractivity contribution in [2.75, 3.05) is 31.6 Å². The summed E-state index contributed by atoms with van der Waals surface area (Å²) in [5.41, 5.74) is -0.533. The summed E-state index contributed by atoms with van der Waals surface area (Å²) in [7, 11) is -3.05. The number of carbonyl (C=O) groups is 1. The SMILES string of the molecule is CC(C)(C)OC(=O)N1CCN[C@@H](CS(C)(=O)=O)C1. The first-order chi connectivity index (χ1) is 8.07. The van der Waals surface area contributed by atoms with E-state index in [1.165, 1.54) is 6.26 Å². The third-order valence-electron chi connectivity index (χ3n) is 2.41. The van der Waals surface area contributed by atoms with Gasteiger partial charge in [-0.2, -0.15) is 0 Å². The van der Waals surface area contributed by atoms with Crippen molar-refractivity contribution in [3.8, 4) is 0 Å². The number of hydrogen-bond acceptors (Lipinski definition) is 5. The molecule has 0 spiro atoms. The van der Waals surface area contributed by atoms with Crippen LogP contribution >= 0.6 is 0 Å². The van der Waals surface area contributed by atoms with Gasteiger partial charge in [0.05, 0.1) is 5.75 Å². The molecule has 1 atom stereocenters. The van der Waals surface area contributed by atoms with Crippen molar-refractivity contribution in [1.82, 2.24) is 10.2 Å². The Bertz CT molecular complexity index is 400. The molecule has 0 saturated carbocycles. The second-order valence-electron chi connectivity index (χ2n) is 5.67. The zero-order chi connectivity index (χ0) is 14.0. The Balaban J connectivity index is 2.56. The van der Waals surface area contributed by atoms with Crippen molar-refractivity contribution >= 4 is 15.9 Å². The maximum Gasteiger partial charge on any atom is 0.410 e. The molecule has 0 aromatic heterocycles. The van der Waals surface area contributed by atoms with Gasteiger partial charge in [-0.3, -0.25) is 0 Å². The minimum Gasteiger partial charge on any atom is -0.444 e. The van der Waals surface area contributed by atoms with E-state index in [0.717, 1.165) is 0 Å². The molecule has 0 aromatic rings. The van der Waals surface area contributed by atoms with Gasteiger partial charge in [0, 0.05) is 31.9 Å². The van der Waals surface area contributed by atoms with Gasteiger partial charge in [0.25, 0.3) is 0 Å². The molecule has 106 valence electrons. The predicted octanol–water partition coefficient (Wildman–Crippen LogP) is 0.240. The first kappa shape index (κ1) is 15.2. The van der Waals surface area contributed by atoms with E-state index in [9.17, 15) is 13.2 Å². The van der Waals surface area contributed by atoms with E-state index >= 15 is 0 Å². The average Bonchev–Trinajstić information content (AvgIpc) is 2.12. The van der Waals surface area contributed by atoms with Crippen LogP contribution in [-0.4, -0.2) is 62.7 Å². The van der Waals surface area contributed by atoms with Crippen molar-refractivity contribution in [1.29, 1.82) is 0 Å². The van der Waals surface area contributed by atoms with Gasteiger partial charge in [0.15, 0.2) is 0 Å². The van der Waals surface area contributed by atoms with Crippen LogP contribution in [0, 0.1) is 0 Å². The summed E-state index contributed by atoms with van der Waals surface area (Å²) in [4.78, 5) is 13.4. The maximum absolute atomic E-state index is 11.9. The molecule has 0 bridgehead atoms. The fourth-order valence-corrected chi connectivity index (χ4v) is 2.75. The van der Waals surface area contributed by atoms with Gasteiger partial charge >= 0.3 is 6.09 Å². The highest BCUT2D eigenvalue weighted by Crippen LogP contribution is 2.11. The molecule has 1 aliphatic rings. The van der Waals surface area contributed by atoms with Crippen LogP contribution in [0.15, 0.2) is 0 Å². The molecule has 1 N–H and O–H groups in total. The highest BCUT2D eigenvalue weighted by molar-refractivity contribution is 7.90. The van der Waals surface area contributed by atoms with Crippen molar-refractivity contribution in [3.63, 3.8) is 0 Å². The first-order valence-corrected chi connectivity index (χ1v) is 8.02. The second-order valence-corrected chi connectivity index (χ2v) is 7.85. The van der Waals surface area contributed by atoms with Crippen molar-refractivity contribution in [3.05, 3.63) is 0 Å². The molecule has 18 heavy (non-hydrogen) atoms. The monoisotopic (exact) mass is 278 g/mol. The van der Waals surface area contributed by atoms with E-state index in [0.29, 0.717) is 19.6 Å². The number of rotatable bonds is 2. The number of nitrogens with zero attached hydrogens (tertiary/aromatic N) is 1. The molecular formula is C11H22N2O4S. The Morgan fingerprint density at radius 2 is 2.06 bits per heavy atom. The lowest BCUT2D eigenvalue weighted by Crippen LogP contribution is -2.55. The largest absolute Gasteiger partial charge is 0.444 e. The summed E-state index contributed by atoms with van der Waals surface area (Å²) >= 11 is 0. The molecule has 1 rings (SSSR count). The Hall–Kier alpha value is -0.820. The fourth-order valence-electron chi connectivity index (χ4n) is 1.79. The Morgan fingerprint density at radius 3 is 2.56 bits per heavy atom. The number of amides is 1. The van der Waals surface area contributed by atoms with Crippen molar-refractivity contribution in [2.24, 2.45) is 0 Å². The molecule has 1 saturated heterocycles. The fraction of sp³-hybridized carbons (Fsp3) is 0.909. The van der Waals surface area contributed by atoms with Crippen molar-refractivity contribution < 1.29 is 17.9 Å². The van der Waals surface area contributed by atoms with Gasteiger partial charge in [-0.15, -0.1) is 0 Å². The number of sulfone groups is 1. The summed E-state index contributed by atoms with van der Waals surface area (Å²) in [6.07, 6.45) is 0.809. The van der Waals surface area contributed by atoms with Gasteiger partial charge in [-0.25, -0.2) is 13.2 Å². The van der Waals surface area contributed by atoms with E-state index in [1.807, 2.05) is 0 Å². The van der Waals surface area contributed by atoms with E-state index in [4.69, 9.17) is 4.74 Å².